The summed E-state index contributed by atoms with van der Waals surface area (Å²) in [5.41, 5.74) is 0.924. The first-order valence-corrected chi connectivity index (χ1v) is 5.34. The summed E-state index contributed by atoms with van der Waals surface area (Å²) >= 11 is 0. The zero-order chi connectivity index (χ0) is 11.9. The van der Waals surface area contributed by atoms with Crippen molar-refractivity contribution >= 4 is 5.69 Å². The zero-order valence-corrected chi connectivity index (χ0v) is 9.69. The van der Waals surface area contributed by atoms with Crippen LogP contribution in [-0.2, 0) is 0 Å². The van der Waals surface area contributed by atoms with E-state index >= 15 is 0 Å². The molecule has 2 rings (SSSR count). The fourth-order valence-electron chi connectivity index (χ4n) is 2.17. The molecule has 2 atom stereocenters. The minimum atomic E-state index is -0.577. The van der Waals surface area contributed by atoms with Crippen molar-refractivity contribution in [2.45, 2.75) is 38.4 Å². The maximum atomic E-state index is 10.1. The van der Waals surface area contributed by atoms with E-state index in [0.29, 0.717) is 5.69 Å². The predicted octanol–water partition coefficient (Wildman–Crippen LogP) is 2.87. The summed E-state index contributed by atoms with van der Waals surface area (Å²) in [6.07, 6.45) is -0.555. The van der Waals surface area contributed by atoms with Gasteiger partial charge in [-0.2, -0.15) is 0 Å². The summed E-state index contributed by atoms with van der Waals surface area (Å²) in [5.74, 6) is 0.760. The van der Waals surface area contributed by atoms with Crippen LogP contribution in [0.2, 0.25) is 0 Å². The molecule has 3 nitrogen and oxygen atoms in total. The molecule has 0 radical (unpaired) electrons. The third-order valence-electron chi connectivity index (χ3n) is 3.17. The lowest BCUT2D eigenvalue weighted by atomic mass is 9.82. The maximum Gasteiger partial charge on any atom is 0.187 e. The number of hydrogen-bond acceptors (Lipinski definition) is 2. The average Bonchev–Trinajstić information content (AvgIpc) is 2.25. The smallest absolute Gasteiger partial charge is 0.187 e. The fraction of sp³-hybridized carbons (Fsp3) is 0.462. The van der Waals surface area contributed by atoms with Crippen LogP contribution >= 0.6 is 0 Å². The molecule has 1 aliphatic rings. The monoisotopic (exact) mass is 217 g/mol. The number of nitrogens with zero attached hydrogens (tertiary/aromatic N) is 1. The SMILES string of the molecule is [C-]#[N+]c1ccc2c(c1)C(C)C(O)C(C)(C)O2. The number of ether oxygens (including phenoxy) is 1. The van der Waals surface area contributed by atoms with Gasteiger partial charge in [0.1, 0.15) is 11.4 Å². The van der Waals surface area contributed by atoms with Crippen LogP contribution in [0, 0.1) is 6.57 Å². The van der Waals surface area contributed by atoms with Crippen LogP contribution < -0.4 is 4.74 Å². The molecule has 3 heteroatoms. The Labute approximate surface area is 95.5 Å². The van der Waals surface area contributed by atoms with Crippen molar-refractivity contribution in [3.8, 4) is 5.75 Å². The van der Waals surface area contributed by atoms with E-state index in [-0.39, 0.29) is 5.92 Å². The molecule has 0 amide bonds. The largest absolute Gasteiger partial charge is 0.485 e. The Morgan fingerprint density at radius 1 is 1.44 bits per heavy atom. The number of benzene rings is 1. The Morgan fingerprint density at radius 3 is 2.75 bits per heavy atom. The molecule has 84 valence electrons. The van der Waals surface area contributed by atoms with Crippen molar-refractivity contribution in [2.75, 3.05) is 0 Å². The minimum absolute atomic E-state index is 0.0135. The summed E-state index contributed by atoms with van der Waals surface area (Å²) in [4.78, 5) is 3.39. The Morgan fingerprint density at radius 2 is 2.12 bits per heavy atom. The standard InChI is InChI=1S/C13H15NO2/c1-8-10-7-9(14-4)5-6-11(10)16-13(2,3)12(8)15/h5-8,12,15H,1-3H3. The van der Waals surface area contributed by atoms with Crippen molar-refractivity contribution in [1.82, 2.24) is 0 Å². The van der Waals surface area contributed by atoms with Crippen LogP contribution in [0.1, 0.15) is 32.3 Å². The van der Waals surface area contributed by atoms with Gasteiger partial charge >= 0.3 is 0 Å². The fourth-order valence-corrected chi connectivity index (χ4v) is 2.17. The Hall–Kier alpha value is -1.53. The minimum Gasteiger partial charge on any atom is -0.485 e. The van der Waals surface area contributed by atoms with Gasteiger partial charge < -0.3 is 9.84 Å². The van der Waals surface area contributed by atoms with Crippen LogP contribution in [0.5, 0.6) is 5.75 Å². The molecule has 1 N–H and O–H groups in total. The molecule has 0 saturated carbocycles. The molecule has 1 heterocycles. The van der Waals surface area contributed by atoms with Gasteiger partial charge in [-0.1, -0.05) is 13.0 Å². The topological polar surface area (TPSA) is 33.8 Å². The van der Waals surface area contributed by atoms with Gasteiger partial charge in [0.25, 0.3) is 0 Å². The van der Waals surface area contributed by atoms with Crippen LogP contribution in [-0.4, -0.2) is 16.8 Å². The molecule has 2 unspecified atom stereocenters. The van der Waals surface area contributed by atoms with Crippen molar-refractivity contribution in [2.24, 2.45) is 0 Å². The molecule has 16 heavy (non-hydrogen) atoms. The predicted molar refractivity (Wildman–Crippen MR) is 61.8 cm³/mol. The van der Waals surface area contributed by atoms with E-state index in [1.54, 1.807) is 12.1 Å². The van der Waals surface area contributed by atoms with Gasteiger partial charge in [-0.15, -0.1) is 0 Å². The van der Waals surface area contributed by atoms with E-state index in [2.05, 4.69) is 4.85 Å². The summed E-state index contributed by atoms with van der Waals surface area (Å²) in [5, 5.41) is 10.1. The zero-order valence-electron chi connectivity index (χ0n) is 9.69. The summed E-state index contributed by atoms with van der Waals surface area (Å²) < 4.78 is 5.75. The highest BCUT2D eigenvalue weighted by Gasteiger charge is 2.40. The van der Waals surface area contributed by atoms with Gasteiger partial charge in [0, 0.05) is 5.92 Å². The second kappa shape index (κ2) is 3.50. The van der Waals surface area contributed by atoms with E-state index in [4.69, 9.17) is 11.3 Å². The molecule has 0 saturated heterocycles. The lowest BCUT2D eigenvalue weighted by Crippen LogP contribution is -2.47. The van der Waals surface area contributed by atoms with Crippen LogP contribution in [0.3, 0.4) is 0 Å². The highest BCUT2D eigenvalue weighted by molar-refractivity contribution is 5.54. The van der Waals surface area contributed by atoms with Gasteiger partial charge in [-0.25, -0.2) is 4.85 Å². The van der Waals surface area contributed by atoms with Gasteiger partial charge in [0.2, 0.25) is 0 Å². The molecular weight excluding hydrogens is 202 g/mol. The van der Waals surface area contributed by atoms with E-state index in [1.165, 1.54) is 0 Å². The van der Waals surface area contributed by atoms with Crippen molar-refractivity contribution < 1.29 is 9.84 Å². The normalized spacial score (nSPS) is 26.4. The van der Waals surface area contributed by atoms with Crippen LogP contribution in [0.4, 0.5) is 5.69 Å². The molecule has 0 aromatic heterocycles. The first-order chi connectivity index (χ1) is 7.45. The van der Waals surface area contributed by atoms with Crippen molar-refractivity contribution in [1.29, 1.82) is 0 Å². The second-order valence-electron chi connectivity index (χ2n) is 4.77. The van der Waals surface area contributed by atoms with E-state index in [1.807, 2.05) is 26.8 Å². The molecule has 0 aliphatic carbocycles. The number of aliphatic hydroxyl groups is 1. The van der Waals surface area contributed by atoms with Crippen LogP contribution in [0.25, 0.3) is 4.85 Å². The number of hydrogen-bond donors (Lipinski definition) is 1. The number of rotatable bonds is 0. The third kappa shape index (κ3) is 1.56. The lowest BCUT2D eigenvalue weighted by molar-refractivity contribution is -0.0549. The maximum absolute atomic E-state index is 10.1. The van der Waals surface area contributed by atoms with E-state index in [0.717, 1.165) is 11.3 Å². The molecule has 1 aliphatic heterocycles. The molecule has 0 spiro atoms. The van der Waals surface area contributed by atoms with Crippen molar-refractivity contribution in [3.05, 3.63) is 35.2 Å². The van der Waals surface area contributed by atoms with Gasteiger partial charge in [0.15, 0.2) is 5.69 Å². The first-order valence-electron chi connectivity index (χ1n) is 5.34. The Balaban J connectivity index is 2.52. The quantitative estimate of drug-likeness (QED) is 0.678. The Kier molecular flexibility index (Phi) is 2.40. The van der Waals surface area contributed by atoms with Gasteiger partial charge in [0.05, 0.1) is 12.7 Å². The van der Waals surface area contributed by atoms with E-state index in [9.17, 15) is 5.11 Å². The summed E-state index contributed by atoms with van der Waals surface area (Å²) in [7, 11) is 0. The highest BCUT2D eigenvalue weighted by Crippen LogP contribution is 2.42. The lowest BCUT2D eigenvalue weighted by Gasteiger charge is -2.41. The Bertz CT molecular complexity index is 459. The van der Waals surface area contributed by atoms with Gasteiger partial charge in [-0.3, -0.25) is 0 Å². The van der Waals surface area contributed by atoms with Gasteiger partial charge in [-0.05, 0) is 31.5 Å². The molecule has 0 fully saturated rings. The van der Waals surface area contributed by atoms with Crippen LogP contribution in [0.15, 0.2) is 18.2 Å². The molecule has 0 bridgehead atoms. The summed E-state index contributed by atoms with van der Waals surface area (Å²) in [6.45, 7) is 12.7. The number of fused-ring (bicyclic) bond motifs is 1. The molecular formula is C13H15NO2. The first kappa shape index (κ1) is 11.0. The molecule has 1 aromatic rings. The number of aliphatic hydroxyl groups excluding tert-OH is 1. The van der Waals surface area contributed by atoms with Crippen molar-refractivity contribution in [3.63, 3.8) is 0 Å². The molecule has 1 aromatic carbocycles. The third-order valence-corrected chi connectivity index (χ3v) is 3.17. The second-order valence-corrected chi connectivity index (χ2v) is 4.77. The summed E-state index contributed by atoms with van der Waals surface area (Å²) in [6, 6.07) is 5.35. The highest BCUT2D eigenvalue weighted by atomic mass is 16.5. The average molecular weight is 217 g/mol. The van der Waals surface area contributed by atoms with E-state index < -0.39 is 11.7 Å².